The van der Waals surface area contributed by atoms with Gasteiger partial charge in [0.25, 0.3) is 0 Å². The molecule has 5 nitrogen and oxygen atoms in total. The average molecular weight is 285 g/mol. The van der Waals surface area contributed by atoms with Crippen LogP contribution in [0, 0.1) is 11.8 Å². The summed E-state index contributed by atoms with van der Waals surface area (Å²) in [5, 5.41) is 14.8. The Kier molecular flexibility index (Phi) is 7.92. The quantitative estimate of drug-likeness (QED) is 0.632. The van der Waals surface area contributed by atoms with E-state index in [4.69, 9.17) is 5.11 Å². The molecule has 1 heterocycles. The molecule has 20 heavy (non-hydrogen) atoms. The van der Waals surface area contributed by atoms with E-state index >= 15 is 0 Å². The molecule has 0 aromatic rings. The molecule has 0 aliphatic carbocycles. The molecule has 3 N–H and O–H groups in total. The molecule has 0 saturated carbocycles. The van der Waals surface area contributed by atoms with Crippen molar-refractivity contribution in [1.29, 1.82) is 0 Å². The van der Waals surface area contributed by atoms with E-state index in [9.17, 15) is 4.79 Å². The Morgan fingerprint density at radius 1 is 1.45 bits per heavy atom. The molecule has 0 bridgehead atoms. The average Bonchev–Trinajstić information content (AvgIpc) is 2.82. The van der Waals surface area contributed by atoms with Crippen molar-refractivity contribution >= 4 is 6.03 Å². The van der Waals surface area contributed by atoms with Gasteiger partial charge < -0.3 is 20.6 Å². The second kappa shape index (κ2) is 9.19. The van der Waals surface area contributed by atoms with Crippen molar-refractivity contribution in [3.8, 4) is 0 Å². The van der Waals surface area contributed by atoms with E-state index < -0.39 is 0 Å². The number of hydrogen-bond acceptors (Lipinski definition) is 3. The molecular weight excluding hydrogens is 254 g/mol. The van der Waals surface area contributed by atoms with Gasteiger partial charge in [-0.15, -0.1) is 0 Å². The summed E-state index contributed by atoms with van der Waals surface area (Å²) in [6.07, 6.45) is 2.63. The van der Waals surface area contributed by atoms with E-state index in [0.717, 1.165) is 32.6 Å². The Labute approximate surface area is 123 Å². The number of urea groups is 1. The van der Waals surface area contributed by atoms with Crippen LogP contribution in [0.25, 0.3) is 0 Å². The maximum Gasteiger partial charge on any atom is 0.315 e. The molecule has 0 aromatic heterocycles. The molecule has 1 fully saturated rings. The van der Waals surface area contributed by atoms with Crippen molar-refractivity contribution in [1.82, 2.24) is 15.5 Å². The van der Waals surface area contributed by atoms with Crippen molar-refractivity contribution in [3.05, 3.63) is 0 Å². The molecular formula is C15H31N3O2. The molecule has 0 spiro atoms. The number of aliphatic hydroxyl groups is 1. The zero-order valence-electron chi connectivity index (χ0n) is 13.2. The standard InChI is InChI=1S/C15H31N3O2/c1-4-14(6-8-19)17-15(20)16-9-13-5-7-18(11-13)10-12(2)3/h12-14,19H,4-11H2,1-3H3,(H2,16,17,20). The number of carbonyl (C=O) groups is 1. The van der Waals surface area contributed by atoms with E-state index in [1.54, 1.807) is 0 Å². The number of nitrogens with zero attached hydrogens (tertiary/aromatic N) is 1. The third-order valence-electron chi connectivity index (χ3n) is 3.85. The predicted molar refractivity (Wildman–Crippen MR) is 81.7 cm³/mol. The van der Waals surface area contributed by atoms with Crippen LogP contribution in [-0.4, -0.2) is 54.9 Å². The van der Waals surface area contributed by atoms with Gasteiger partial charge in [-0.25, -0.2) is 4.79 Å². The predicted octanol–water partition coefficient (Wildman–Crippen LogP) is 1.42. The van der Waals surface area contributed by atoms with Gasteiger partial charge in [-0.05, 0) is 37.6 Å². The molecule has 2 unspecified atom stereocenters. The molecule has 1 rings (SSSR count). The van der Waals surface area contributed by atoms with E-state index in [-0.39, 0.29) is 18.7 Å². The molecule has 0 aromatic carbocycles. The normalized spacial score (nSPS) is 21.1. The minimum absolute atomic E-state index is 0.0704. The summed E-state index contributed by atoms with van der Waals surface area (Å²) >= 11 is 0. The van der Waals surface area contributed by atoms with Gasteiger partial charge in [0, 0.05) is 32.3 Å². The molecule has 1 aliphatic rings. The highest BCUT2D eigenvalue weighted by Crippen LogP contribution is 2.16. The second-order valence-corrected chi connectivity index (χ2v) is 6.28. The lowest BCUT2D eigenvalue weighted by Crippen LogP contribution is -2.44. The smallest absolute Gasteiger partial charge is 0.315 e. The number of carbonyl (C=O) groups excluding carboxylic acids is 1. The van der Waals surface area contributed by atoms with Crippen LogP contribution < -0.4 is 10.6 Å². The van der Waals surface area contributed by atoms with E-state index in [0.29, 0.717) is 18.3 Å². The van der Waals surface area contributed by atoms with Crippen molar-refractivity contribution in [2.75, 3.05) is 32.8 Å². The van der Waals surface area contributed by atoms with Gasteiger partial charge >= 0.3 is 6.03 Å². The minimum atomic E-state index is -0.104. The molecule has 5 heteroatoms. The van der Waals surface area contributed by atoms with Crippen LogP contribution in [-0.2, 0) is 0 Å². The monoisotopic (exact) mass is 285 g/mol. The number of rotatable bonds is 8. The fourth-order valence-electron chi connectivity index (χ4n) is 2.77. The van der Waals surface area contributed by atoms with Crippen LogP contribution in [0.1, 0.15) is 40.0 Å². The molecule has 118 valence electrons. The highest BCUT2D eigenvalue weighted by atomic mass is 16.3. The first kappa shape index (κ1) is 17.2. The van der Waals surface area contributed by atoms with Crippen LogP contribution in [0.3, 0.4) is 0 Å². The SMILES string of the molecule is CCC(CCO)NC(=O)NCC1CCN(CC(C)C)C1. The minimum Gasteiger partial charge on any atom is -0.396 e. The van der Waals surface area contributed by atoms with Gasteiger partial charge in [0.15, 0.2) is 0 Å². The first-order chi connectivity index (χ1) is 9.55. The van der Waals surface area contributed by atoms with Crippen LogP contribution in [0.2, 0.25) is 0 Å². The lowest BCUT2D eigenvalue weighted by molar-refractivity contribution is 0.225. The van der Waals surface area contributed by atoms with E-state index in [1.807, 2.05) is 6.92 Å². The van der Waals surface area contributed by atoms with Crippen LogP contribution in [0.4, 0.5) is 4.79 Å². The Morgan fingerprint density at radius 3 is 2.80 bits per heavy atom. The summed E-state index contributed by atoms with van der Waals surface area (Å²) < 4.78 is 0. The second-order valence-electron chi connectivity index (χ2n) is 6.28. The first-order valence-electron chi connectivity index (χ1n) is 7.92. The Balaban J connectivity index is 2.18. The largest absolute Gasteiger partial charge is 0.396 e. The lowest BCUT2D eigenvalue weighted by atomic mass is 10.1. The maximum absolute atomic E-state index is 11.8. The van der Waals surface area contributed by atoms with Gasteiger partial charge in [-0.2, -0.15) is 0 Å². The Morgan fingerprint density at radius 2 is 2.20 bits per heavy atom. The molecule has 2 amide bonds. The Hall–Kier alpha value is -0.810. The topological polar surface area (TPSA) is 64.6 Å². The summed E-state index contributed by atoms with van der Waals surface area (Å²) in [7, 11) is 0. The van der Waals surface area contributed by atoms with Crippen molar-refractivity contribution in [2.24, 2.45) is 11.8 Å². The number of amides is 2. The van der Waals surface area contributed by atoms with Gasteiger partial charge in [0.05, 0.1) is 0 Å². The lowest BCUT2D eigenvalue weighted by Gasteiger charge is -2.19. The fraction of sp³-hybridized carbons (Fsp3) is 0.933. The summed E-state index contributed by atoms with van der Waals surface area (Å²) in [5.74, 6) is 1.27. The van der Waals surface area contributed by atoms with Crippen LogP contribution in [0.15, 0.2) is 0 Å². The third kappa shape index (κ3) is 6.57. The van der Waals surface area contributed by atoms with Gasteiger partial charge in [-0.3, -0.25) is 0 Å². The highest BCUT2D eigenvalue weighted by molar-refractivity contribution is 5.74. The Bertz CT molecular complexity index is 284. The highest BCUT2D eigenvalue weighted by Gasteiger charge is 2.23. The number of likely N-dealkylation sites (tertiary alicyclic amines) is 1. The molecule has 2 atom stereocenters. The van der Waals surface area contributed by atoms with Gasteiger partial charge in [-0.1, -0.05) is 20.8 Å². The van der Waals surface area contributed by atoms with Crippen LogP contribution in [0.5, 0.6) is 0 Å². The number of hydrogen-bond donors (Lipinski definition) is 3. The first-order valence-corrected chi connectivity index (χ1v) is 7.92. The zero-order chi connectivity index (χ0) is 15.0. The van der Waals surface area contributed by atoms with E-state index in [1.165, 1.54) is 6.42 Å². The van der Waals surface area contributed by atoms with Gasteiger partial charge in [0.1, 0.15) is 0 Å². The molecule has 0 radical (unpaired) electrons. The zero-order valence-corrected chi connectivity index (χ0v) is 13.2. The van der Waals surface area contributed by atoms with Crippen LogP contribution >= 0.6 is 0 Å². The molecule has 1 aliphatic heterocycles. The van der Waals surface area contributed by atoms with Crippen molar-refractivity contribution in [2.45, 2.75) is 46.1 Å². The fourth-order valence-corrected chi connectivity index (χ4v) is 2.77. The van der Waals surface area contributed by atoms with E-state index in [2.05, 4.69) is 29.4 Å². The summed E-state index contributed by atoms with van der Waals surface area (Å²) in [6, 6.07) is -0.0337. The van der Waals surface area contributed by atoms with Crippen molar-refractivity contribution in [3.63, 3.8) is 0 Å². The number of aliphatic hydroxyl groups excluding tert-OH is 1. The molecule has 1 saturated heterocycles. The maximum atomic E-state index is 11.8. The van der Waals surface area contributed by atoms with Crippen molar-refractivity contribution < 1.29 is 9.90 Å². The summed E-state index contributed by atoms with van der Waals surface area (Å²) in [5.41, 5.74) is 0. The summed E-state index contributed by atoms with van der Waals surface area (Å²) in [6.45, 7) is 10.7. The summed E-state index contributed by atoms with van der Waals surface area (Å²) in [4.78, 5) is 14.3. The van der Waals surface area contributed by atoms with Gasteiger partial charge in [0.2, 0.25) is 0 Å². The number of nitrogens with one attached hydrogen (secondary N) is 2. The third-order valence-corrected chi connectivity index (χ3v) is 3.85.